The zero-order valence-corrected chi connectivity index (χ0v) is 16.7. The van der Waals surface area contributed by atoms with E-state index in [1.54, 1.807) is 0 Å². The Morgan fingerprint density at radius 1 is 0.731 bits per heavy atom. The fourth-order valence-corrected chi connectivity index (χ4v) is 4.29. The minimum Gasteiger partial charge on any atom is -0.465 e. The molecule has 0 aromatic rings. The molecule has 0 bridgehead atoms. The molecule has 0 aliphatic heterocycles. The van der Waals surface area contributed by atoms with Crippen molar-refractivity contribution in [2.24, 2.45) is 11.8 Å². The zero-order chi connectivity index (χ0) is 18.6. The molecule has 0 N–H and O–H groups in total. The Morgan fingerprint density at radius 2 is 1.31 bits per heavy atom. The van der Waals surface area contributed by atoms with Crippen LogP contribution in [0.15, 0.2) is 0 Å². The van der Waals surface area contributed by atoms with Crippen LogP contribution in [-0.2, 0) is 19.1 Å². The number of unbranched alkanes of at least 4 members (excludes halogenated alkanes) is 5. The molecule has 2 unspecified atom stereocenters. The lowest BCUT2D eigenvalue weighted by molar-refractivity contribution is -0.167. The second-order valence-corrected chi connectivity index (χ2v) is 8.13. The highest BCUT2D eigenvalue weighted by Gasteiger charge is 2.38. The Morgan fingerprint density at radius 3 is 2.00 bits per heavy atom. The molecule has 0 saturated heterocycles. The number of carbonyl (C=O) groups is 2. The van der Waals surface area contributed by atoms with Crippen molar-refractivity contribution in [3.63, 3.8) is 0 Å². The molecule has 0 amide bonds. The maximum atomic E-state index is 12.6. The highest BCUT2D eigenvalue weighted by molar-refractivity contribution is 5.82. The largest absolute Gasteiger partial charge is 0.465 e. The molecule has 0 spiro atoms. The molecule has 2 aliphatic carbocycles. The van der Waals surface area contributed by atoms with Crippen LogP contribution in [0.3, 0.4) is 0 Å². The average molecular weight is 367 g/mol. The van der Waals surface area contributed by atoms with E-state index in [-0.39, 0.29) is 29.9 Å². The second-order valence-electron chi connectivity index (χ2n) is 8.13. The Balaban J connectivity index is 1.72. The number of hydrogen-bond donors (Lipinski definition) is 0. The van der Waals surface area contributed by atoms with Gasteiger partial charge in [0.05, 0.1) is 18.4 Å². The Labute approximate surface area is 159 Å². The lowest BCUT2D eigenvalue weighted by Gasteiger charge is -2.30. The number of hydrogen-bond acceptors (Lipinski definition) is 4. The molecule has 0 radical (unpaired) electrons. The van der Waals surface area contributed by atoms with Crippen LogP contribution in [0, 0.1) is 11.8 Å². The smallest absolute Gasteiger partial charge is 0.310 e. The van der Waals surface area contributed by atoms with Crippen molar-refractivity contribution >= 4 is 11.9 Å². The first-order valence-electron chi connectivity index (χ1n) is 11.1. The SMILES string of the molecule is CCCCCCCCOC(=O)C1CCCCC1C(=O)OC1CCCCC1. The second kappa shape index (κ2) is 12.3. The molecule has 0 aromatic heterocycles. The molecule has 4 heteroatoms. The minimum atomic E-state index is -0.292. The zero-order valence-electron chi connectivity index (χ0n) is 16.7. The molecule has 2 aliphatic rings. The van der Waals surface area contributed by atoms with Crippen LogP contribution in [0.4, 0.5) is 0 Å². The molecule has 0 aromatic carbocycles. The molecule has 2 fully saturated rings. The van der Waals surface area contributed by atoms with Crippen LogP contribution in [0.25, 0.3) is 0 Å². The van der Waals surface area contributed by atoms with Crippen molar-refractivity contribution in [2.45, 2.75) is 109 Å². The topological polar surface area (TPSA) is 52.6 Å². The first kappa shape index (κ1) is 21.2. The summed E-state index contributed by atoms with van der Waals surface area (Å²) in [5.74, 6) is -0.912. The monoisotopic (exact) mass is 366 g/mol. The van der Waals surface area contributed by atoms with E-state index in [0.29, 0.717) is 6.61 Å². The van der Waals surface area contributed by atoms with Crippen molar-refractivity contribution in [1.82, 2.24) is 0 Å². The van der Waals surface area contributed by atoms with Crippen LogP contribution < -0.4 is 0 Å². The van der Waals surface area contributed by atoms with Gasteiger partial charge in [-0.2, -0.15) is 0 Å². The van der Waals surface area contributed by atoms with E-state index in [2.05, 4.69) is 6.92 Å². The molecule has 150 valence electrons. The first-order valence-corrected chi connectivity index (χ1v) is 11.1. The summed E-state index contributed by atoms with van der Waals surface area (Å²) in [7, 11) is 0. The van der Waals surface area contributed by atoms with Crippen LogP contribution >= 0.6 is 0 Å². The fraction of sp³-hybridized carbons (Fsp3) is 0.909. The van der Waals surface area contributed by atoms with Crippen LogP contribution in [0.5, 0.6) is 0 Å². The summed E-state index contributed by atoms with van der Waals surface area (Å²) >= 11 is 0. The normalized spacial score (nSPS) is 24.2. The molecule has 2 saturated carbocycles. The molecule has 26 heavy (non-hydrogen) atoms. The Bertz CT molecular complexity index is 414. The van der Waals surface area contributed by atoms with Gasteiger partial charge in [0.15, 0.2) is 0 Å². The molecular weight excluding hydrogens is 328 g/mol. The van der Waals surface area contributed by atoms with Gasteiger partial charge in [0, 0.05) is 0 Å². The van der Waals surface area contributed by atoms with E-state index in [4.69, 9.17) is 9.47 Å². The summed E-state index contributed by atoms with van der Waals surface area (Å²) in [6.45, 7) is 2.70. The maximum Gasteiger partial charge on any atom is 0.310 e. The summed E-state index contributed by atoms with van der Waals surface area (Å²) < 4.78 is 11.3. The highest BCUT2D eigenvalue weighted by Crippen LogP contribution is 2.33. The molecular formula is C22H38O4. The first-order chi connectivity index (χ1) is 12.7. The van der Waals surface area contributed by atoms with Gasteiger partial charge < -0.3 is 9.47 Å². The van der Waals surface area contributed by atoms with Gasteiger partial charge in [-0.1, -0.05) is 58.3 Å². The molecule has 2 rings (SSSR count). The predicted octanol–water partition coefficient (Wildman–Crippen LogP) is 5.57. The number of rotatable bonds is 10. The Kier molecular flexibility index (Phi) is 10.1. The summed E-state index contributed by atoms with van der Waals surface area (Å²) in [4.78, 5) is 25.1. The van der Waals surface area contributed by atoms with Crippen LogP contribution in [0.1, 0.15) is 103 Å². The number of esters is 2. The lowest BCUT2D eigenvalue weighted by Crippen LogP contribution is -2.37. The van der Waals surface area contributed by atoms with Crippen LogP contribution in [0.2, 0.25) is 0 Å². The molecule has 2 atom stereocenters. The van der Waals surface area contributed by atoms with E-state index in [1.807, 2.05) is 0 Å². The number of carbonyl (C=O) groups excluding carboxylic acids is 2. The summed E-state index contributed by atoms with van der Waals surface area (Å²) in [5.41, 5.74) is 0. The summed E-state index contributed by atoms with van der Waals surface area (Å²) in [6.07, 6.45) is 16.1. The van der Waals surface area contributed by atoms with Crippen molar-refractivity contribution < 1.29 is 19.1 Å². The van der Waals surface area contributed by atoms with E-state index in [1.165, 1.54) is 32.1 Å². The van der Waals surface area contributed by atoms with Gasteiger partial charge >= 0.3 is 11.9 Å². The number of ether oxygens (including phenoxy) is 2. The van der Waals surface area contributed by atoms with Gasteiger partial charge in [0.2, 0.25) is 0 Å². The lowest BCUT2D eigenvalue weighted by atomic mass is 9.79. The van der Waals surface area contributed by atoms with Crippen molar-refractivity contribution in [3.05, 3.63) is 0 Å². The minimum absolute atomic E-state index is 0.0676. The van der Waals surface area contributed by atoms with E-state index >= 15 is 0 Å². The molecule has 0 heterocycles. The van der Waals surface area contributed by atoms with Gasteiger partial charge in [0.1, 0.15) is 6.10 Å². The maximum absolute atomic E-state index is 12.6. The fourth-order valence-electron chi connectivity index (χ4n) is 4.29. The summed E-state index contributed by atoms with van der Waals surface area (Å²) in [6, 6.07) is 0. The van der Waals surface area contributed by atoms with Gasteiger partial charge in [-0.3, -0.25) is 9.59 Å². The van der Waals surface area contributed by atoms with Gasteiger partial charge in [-0.05, 0) is 44.9 Å². The highest BCUT2D eigenvalue weighted by atomic mass is 16.5. The Hall–Kier alpha value is -1.06. The predicted molar refractivity (Wildman–Crippen MR) is 103 cm³/mol. The van der Waals surface area contributed by atoms with Gasteiger partial charge in [-0.25, -0.2) is 0 Å². The van der Waals surface area contributed by atoms with Gasteiger partial charge in [-0.15, -0.1) is 0 Å². The van der Waals surface area contributed by atoms with E-state index < -0.39 is 0 Å². The average Bonchev–Trinajstić information content (AvgIpc) is 2.68. The van der Waals surface area contributed by atoms with E-state index in [0.717, 1.165) is 64.2 Å². The van der Waals surface area contributed by atoms with Crippen molar-refractivity contribution in [1.29, 1.82) is 0 Å². The van der Waals surface area contributed by atoms with E-state index in [9.17, 15) is 9.59 Å². The third kappa shape index (κ3) is 7.28. The molecule has 4 nitrogen and oxygen atoms in total. The third-order valence-electron chi connectivity index (χ3n) is 5.95. The quantitative estimate of drug-likeness (QED) is 0.374. The third-order valence-corrected chi connectivity index (χ3v) is 5.95. The van der Waals surface area contributed by atoms with Crippen molar-refractivity contribution in [3.8, 4) is 0 Å². The standard InChI is InChI=1S/C22H38O4/c1-2-3-4-5-6-12-17-25-21(23)19-15-10-11-16-20(19)22(24)26-18-13-8-7-9-14-18/h18-20H,2-17H2,1H3. The summed E-state index contributed by atoms with van der Waals surface area (Å²) in [5, 5.41) is 0. The van der Waals surface area contributed by atoms with Crippen molar-refractivity contribution in [2.75, 3.05) is 6.61 Å². The van der Waals surface area contributed by atoms with Crippen LogP contribution in [-0.4, -0.2) is 24.6 Å². The van der Waals surface area contributed by atoms with Gasteiger partial charge in [0.25, 0.3) is 0 Å².